The van der Waals surface area contributed by atoms with E-state index >= 15 is 0 Å². The lowest BCUT2D eigenvalue weighted by Crippen LogP contribution is -2.37. The topological polar surface area (TPSA) is 21.3 Å². The summed E-state index contributed by atoms with van der Waals surface area (Å²) >= 11 is 1.76. The fraction of sp³-hybridized carbons (Fsp3) is 0.385. The number of nitrogens with one attached hydrogen (secondary N) is 1. The molecule has 1 aliphatic heterocycles. The van der Waals surface area contributed by atoms with E-state index in [1.165, 1.54) is 16.5 Å². The Hall–Kier alpha value is -1.06. The third-order valence-electron chi connectivity index (χ3n) is 2.99. The lowest BCUT2D eigenvalue weighted by molar-refractivity contribution is 0.170. The normalized spacial score (nSPS) is 21.1. The van der Waals surface area contributed by atoms with Gasteiger partial charge in [0.2, 0.25) is 0 Å². The second-order valence-corrected chi connectivity index (χ2v) is 5.09. The van der Waals surface area contributed by atoms with E-state index in [1.807, 2.05) is 0 Å². The summed E-state index contributed by atoms with van der Waals surface area (Å²) in [5.41, 5.74) is 0. The molecule has 1 aromatic heterocycles. The van der Waals surface area contributed by atoms with Gasteiger partial charge in [0.1, 0.15) is 11.9 Å². The molecule has 0 bridgehead atoms. The number of thiophene rings is 1. The molecule has 3 rings (SSSR count). The zero-order valence-electron chi connectivity index (χ0n) is 9.11. The first kappa shape index (κ1) is 10.1. The van der Waals surface area contributed by atoms with Crippen LogP contribution in [0.3, 0.4) is 0 Å². The third-order valence-corrected chi connectivity index (χ3v) is 3.93. The van der Waals surface area contributed by atoms with Crippen molar-refractivity contribution >= 4 is 21.4 Å². The van der Waals surface area contributed by atoms with Gasteiger partial charge in [-0.05, 0) is 31.5 Å². The molecule has 0 amide bonds. The zero-order valence-corrected chi connectivity index (χ0v) is 9.93. The summed E-state index contributed by atoms with van der Waals surface area (Å²) in [6, 6.07) is 8.43. The highest BCUT2D eigenvalue weighted by Gasteiger charge is 2.15. The van der Waals surface area contributed by atoms with Crippen molar-refractivity contribution in [3.05, 3.63) is 29.6 Å². The summed E-state index contributed by atoms with van der Waals surface area (Å²) in [6.45, 7) is 2.11. The van der Waals surface area contributed by atoms with Crippen molar-refractivity contribution in [3.8, 4) is 5.75 Å². The summed E-state index contributed by atoms with van der Waals surface area (Å²) in [5.74, 6) is 1.05. The maximum atomic E-state index is 6.06. The number of rotatable bonds is 2. The van der Waals surface area contributed by atoms with Gasteiger partial charge in [-0.3, -0.25) is 0 Å². The molecule has 0 radical (unpaired) electrons. The molecule has 0 spiro atoms. The van der Waals surface area contributed by atoms with Crippen LogP contribution in [0.1, 0.15) is 12.8 Å². The van der Waals surface area contributed by atoms with Crippen molar-refractivity contribution in [1.29, 1.82) is 0 Å². The molecule has 16 heavy (non-hydrogen) atoms. The minimum Gasteiger partial charge on any atom is -0.488 e. The Balaban J connectivity index is 1.83. The summed E-state index contributed by atoms with van der Waals surface area (Å²) in [7, 11) is 0. The average molecular weight is 233 g/mol. The van der Waals surface area contributed by atoms with Crippen molar-refractivity contribution in [1.82, 2.24) is 5.32 Å². The van der Waals surface area contributed by atoms with Gasteiger partial charge in [-0.2, -0.15) is 0 Å². The number of fused-ring (bicyclic) bond motifs is 1. The van der Waals surface area contributed by atoms with Crippen LogP contribution in [-0.2, 0) is 0 Å². The maximum Gasteiger partial charge on any atom is 0.138 e. The Labute approximate surface area is 99.2 Å². The SMILES string of the molecule is c1ccc2c(OC3CCCNC3)csc2c1. The van der Waals surface area contributed by atoms with E-state index < -0.39 is 0 Å². The Morgan fingerprint density at radius 3 is 3.12 bits per heavy atom. The Morgan fingerprint density at radius 2 is 2.25 bits per heavy atom. The van der Waals surface area contributed by atoms with Crippen LogP contribution < -0.4 is 10.1 Å². The van der Waals surface area contributed by atoms with Gasteiger partial charge in [0.05, 0.1) is 0 Å². The molecule has 1 N–H and O–H groups in total. The predicted molar refractivity (Wildman–Crippen MR) is 68.3 cm³/mol. The average Bonchev–Trinajstić information content (AvgIpc) is 2.74. The summed E-state index contributed by atoms with van der Waals surface area (Å²) in [5, 5.41) is 6.75. The van der Waals surface area contributed by atoms with Crippen LogP contribution in [0.15, 0.2) is 29.6 Å². The largest absolute Gasteiger partial charge is 0.488 e. The van der Waals surface area contributed by atoms with E-state index in [0.29, 0.717) is 6.10 Å². The molecule has 2 heterocycles. The summed E-state index contributed by atoms with van der Waals surface area (Å²) < 4.78 is 7.36. The van der Waals surface area contributed by atoms with Crippen molar-refractivity contribution < 1.29 is 4.74 Å². The quantitative estimate of drug-likeness (QED) is 0.861. The highest BCUT2D eigenvalue weighted by atomic mass is 32.1. The molecule has 1 fully saturated rings. The summed E-state index contributed by atoms with van der Waals surface area (Å²) in [6.07, 6.45) is 2.72. The number of benzene rings is 1. The van der Waals surface area contributed by atoms with Crippen LogP contribution >= 0.6 is 11.3 Å². The first-order valence-electron chi connectivity index (χ1n) is 5.77. The lowest BCUT2D eigenvalue weighted by Gasteiger charge is -2.23. The highest BCUT2D eigenvalue weighted by Crippen LogP contribution is 2.32. The van der Waals surface area contributed by atoms with Gasteiger partial charge in [-0.1, -0.05) is 12.1 Å². The number of ether oxygens (including phenoxy) is 1. The molecule has 2 nitrogen and oxygen atoms in total. The Bertz CT molecular complexity index is 473. The van der Waals surface area contributed by atoms with Gasteiger partial charge in [0, 0.05) is 22.0 Å². The van der Waals surface area contributed by atoms with Crippen molar-refractivity contribution in [2.45, 2.75) is 18.9 Å². The van der Waals surface area contributed by atoms with E-state index in [9.17, 15) is 0 Å². The smallest absolute Gasteiger partial charge is 0.138 e. The Kier molecular flexibility index (Phi) is 2.80. The first-order chi connectivity index (χ1) is 7.93. The minimum absolute atomic E-state index is 0.340. The van der Waals surface area contributed by atoms with E-state index in [2.05, 4.69) is 35.0 Å². The fourth-order valence-electron chi connectivity index (χ4n) is 2.14. The fourth-order valence-corrected chi connectivity index (χ4v) is 3.01. The van der Waals surface area contributed by atoms with Crippen LogP contribution in [-0.4, -0.2) is 19.2 Å². The van der Waals surface area contributed by atoms with Crippen LogP contribution in [0.4, 0.5) is 0 Å². The minimum atomic E-state index is 0.340. The summed E-state index contributed by atoms with van der Waals surface area (Å²) in [4.78, 5) is 0. The second-order valence-electron chi connectivity index (χ2n) is 4.18. The van der Waals surface area contributed by atoms with E-state index in [4.69, 9.17) is 4.74 Å². The van der Waals surface area contributed by atoms with Crippen molar-refractivity contribution in [2.24, 2.45) is 0 Å². The van der Waals surface area contributed by atoms with E-state index in [-0.39, 0.29) is 0 Å². The van der Waals surface area contributed by atoms with Crippen LogP contribution in [0.5, 0.6) is 5.75 Å². The molecule has 0 aliphatic carbocycles. The Morgan fingerprint density at radius 1 is 1.31 bits per heavy atom. The number of hydrogen-bond donors (Lipinski definition) is 1. The molecule has 1 atom stereocenters. The lowest BCUT2D eigenvalue weighted by atomic mass is 10.1. The van der Waals surface area contributed by atoms with Gasteiger partial charge in [-0.25, -0.2) is 0 Å². The molecule has 1 aromatic carbocycles. The van der Waals surface area contributed by atoms with E-state index in [0.717, 1.165) is 25.3 Å². The maximum absolute atomic E-state index is 6.06. The van der Waals surface area contributed by atoms with Gasteiger partial charge < -0.3 is 10.1 Å². The molecular formula is C13H15NOS. The van der Waals surface area contributed by atoms with Crippen molar-refractivity contribution in [2.75, 3.05) is 13.1 Å². The number of hydrogen-bond acceptors (Lipinski definition) is 3. The van der Waals surface area contributed by atoms with Crippen LogP contribution in [0, 0.1) is 0 Å². The van der Waals surface area contributed by atoms with Gasteiger partial charge in [-0.15, -0.1) is 11.3 Å². The number of piperidine rings is 1. The highest BCUT2D eigenvalue weighted by molar-refractivity contribution is 7.17. The molecule has 3 heteroatoms. The van der Waals surface area contributed by atoms with Gasteiger partial charge in [0.15, 0.2) is 0 Å². The van der Waals surface area contributed by atoms with Crippen molar-refractivity contribution in [3.63, 3.8) is 0 Å². The van der Waals surface area contributed by atoms with Crippen LogP contribution in [0.2, 0.25) is 0 Å². The van der Waals surface area contributed by atoms with E-state index in [1.54, 1.807) is 11.3 Å². The molecular weight excluding hydrogens is 218 g/mol. The molecule has 84 valence electrons. The van der Waals surface area contributed by atoms with Gasteiger partial charge in [0.25, 0.3) is 0 Å². The molecule has 1 saturated heterocycles. The zero-order chi connectivity index (χ0) is 10.8. The standard InChI is InChI=1S/C13H15NOS/c1-2-6-13-11(5-1)12(9-16-13)15-10-4-3-7-14-8-10/h1-2,5-6,9-10,14H,3-4,7-8H2. The first-order valence-corrected chi connectivity index (χ1v) is 6.65. The molecule has 1 aliphatic rings. The van der Waals surface area contributed by atoms with Crippen LogP contribution in [0.25, 0.3) is 10.1 Å². The predicted octanol–water partition coefficient (Wildman–Crippen LogP) is 3.03. The third kappa shape index (κ3) is 1.93. The monoisotopic (exact) mass is 233 g/mol. The second kappa shape index (κ2) is 4.44. The van der Waals surface area contributed by atoms with Gasteiger partial charge >= 0.3 is 0 Å². The molecule has 2 aromatic rings. The molecule has 0 saturated carbocycles. The molecule has 1 unspecified atom stereocenters.